The van der Waals surface area contributed by atoms with Crippen LogP contribution in [0, 0.1) is 0 Å². The maximum atomic E-state index is 14.4. The molecule has 0 bridgehead atoms. The number of rotatable bonds is 9. The summed E-state index contributed by atoms with van der Waals surface area (Å²) < 4.78 is 15.3. The maximum absolute atomic E-state index is 14.4. The van der Waals surface area contributed by atoms with E-state index in [0.717, 1.165) is 62.1 Å². The predicted molar refractivity (Wildman–Crippen MR) is 182 cm³/mol. The highest BCUT2D eigenvalue weighted by Gasteiger charge is 2.26. The Morgan fingerprint density at radius 1 is 0.936 bits per heavy atom. The van der Waals surface area contributed by atoms with Gasteiger partial charge in [-0.3, -0.25) is 19.2 Å². The van der Waals surface area contributed by atoms with Gasteiger partial charge in [0.15, 0.2) is 0 Å². The third kappa shape index (κ3) is 6.78. The van der Waals surface area contributed by atoms with Crippen LogP contribution in [0.4, 0.5) is 17.3 Å². The van der Waals surface area contributed by atoms with Crippen LogP contribution in [0.3, 0.4) is 0 Å². The van der Waals surface area contributed by atoms with E-state index in [9.17, 15) is 9.00 Å². The van der Waals surface area contributed by atoms with E-state index in [0.29, 0.717) is 38.7 Å². The van der Waals surface area contributed by atoms with Gasteiger partial charge in [-0.05, 0) is 88.9 Å². The highest BCUT2D eigenvalue weighted by atomic mass is 32.2. The van der Waals surface area contributed by atoms with E-state index < -0.39 is 10.8 Å². The number of hydrogen-bond donors (Lipinski definition) is 2. The Morgan fingerprint density at radius 2 is 1.74 bits per heavy atom. The molecule has 0 saturated carbocycles. The van der Waals surface area contributed by atoms with Crippen molar-refractivity contribution < 1.29 is 4.21 Å². The number of piperidine rings is 1. The molecule has 5 aromatic rings. The Kier molecular flexibility index (Phi) is 9.01. The molecule has 242 valence electrons. The van der Waals surface area contributed by atoms with Crippen LogP contribution in [0.1, 0.15) is 42.9 Å². The van der Waals surface area contributed by atoms with E-state index in [1.807, 2.05) is 30.3 Å². The molecular formula is C34H38N10O2S. The molecule has 1 aromatic carbocycles. The first kappa shape index (κ1) is 31.0. The van der Waals surface area contributed by atoms with Crippen molar-refractivity contribution in [3.63, 3.8) is 0 Å². The summed E-state index contributed by atoms with van der Waals surface area (Å²) in [6.45, 7) is 3.15. The SMILES string of the molecule is CN1CCC(Nc2ccc(Nc3ncc4cc(C5CCCCN5C)c(=O)n(Cc5cncnc5S(=O)c5ccncc5)c4n3)cc2)C1. The second kappa shape index (κ2) is 13.6. The summed E-state index contributed by atoms with van der Waals surface area (Å²) in [6.07, 6.45) is 12.1. The average molecular weight is 651 g/mol. The van der Waals surface area contributed by atoms with Gasteiger partial charge >= 0.3 is 0 Å². The van der Waals surface area contributed by atoms with Crippen molar-refractivity contribution in [1.82, 2.24) is 39.3 Å². The van der Waals surface area contributed by atoms with Crippen LogP contribution in [0.25, 0.3) is 11.0 Å². The first-order valence-electron chi connectivity index (χ1n) is 16.0. The topological polar surface area (TPSA) is 134 Å². The second-order valence-electron chi connectivity index (χ2n) is 12.4. The van der Waals surface area contributed by atoms with Crippen molar-refractivity contribution >= 4 is 39.2 Å². The van der Waals surface area contributed by atoms with Crippen molar-refractivity contribution in [3.8, 4) is 0 Å². The van der Waals surface area contributed by atoms with Gasteiger partial charge in [-0.2, -0.15) is 4.98 Å². The molecule has 0 amide bonds. The zero-order chi connectivity index (χ0) is 32.3. The predicted octanol–water partition coefficient (Wildman–Crippen LogP) is 4.21. The molecule has 3 unspecified atom stereocenters. The summed E-state index contributed by atoms with van der Waals surface area (Å²) >= 11 is 0. The molecule has 3 atom stereocenters. The summed E-state index contributed by atoms with van der Waals surface area (Å²) in [4.78, 5) is 41.7. The molecule has 0 spiro atoms. The first-order valence-corrected chi connectivity index (χ1v) is 17.1. The third-order valence-electron chi connectivity index (χ3n) is 9.00. The third-order valence-corrected chi connectivity index (χ3v) is 10.4. The number of likely N-dealkylation sites (tertiary alicyclic amines) is 2. The second-order valence-corrected chi connectivity index (χ2v) is 13.8. The van der Waals surface area contributed by atoms with Crippen LogP contribution in [0.15, 0.2) is 88.3 Å². The van der Waals surface area contributed by atoms with Gasteiger partial charge in [0.1, 0.15) is 27.8 Å². The van der Waals surface area contributed by atoms with E-state index in [1.54, 1.807) is 41.5 Å². The number of likely N-dealkylation sites (N-methyl/N-ethyl adjacent to an activating group) is 1. The molecule has 4 aromatic heterocycles. The lowest BCUT2D eigenvalue weighted by atomic mass is 9.96. The molecule has 2 fully saturated rings. The number of anilines is 3. The van der Waals surface area contributed by atoms with Crippen molar-refractivity contribution in [2.75, 3.05) is 44.4 Å². The minimum Gasteiger partial charge on any atom is -0.381 e. The van der Waals surface area contributed by atoms with Gasteiger partial charge in [-0.15, -0.1) is 0 Å². The number of aromatic nitrogens is 6. The monoisotopic (exact) mass is 650 g/mol. The Morgan fingerprint density at radius 3 is 2.51 bits per heavy atom. The van der Waals surface area contributed by atoms with Crippen LogP contribution in [0.5, 0.6) is 0 Å². The fourth-order valence-corrected chi connectivity index (χ4v) is 7.62. The van der Waals surface area contributed by atoms with Crippen LogP contribution in [-0.2, 0) is 17.3 Å². The largest absolute Gasteiger partial charge is 0.381 e. The van der Waals surface area contributed by atoms with Crippen molar-refractivity contribution in [3.05, 3.63) is 95.1 Å². The Hall–Kier alpha value is -4.59. The van der Waals surface area contributed by atoms with Gasteiger partial charge < -0.3 is 15.5 Å². The normalized spacial score (nSPS) is 19.5. The highest BCUT2D eigenvalue weighted by Crippen LogP contribution is 2.30. The summed E-state index contributed by atoms with van der Waals surface area (Å²) in [5.74, 6) is 0.371. The Balaban J connectivity index is 1.24. The standard InChI is InChI=1S/C34H38N10O2S/c1-42-16-12-27(21-42)39-25-6-8-26(9-7-25)40-34-37-19-23-17-29(30-5-3-4-15-43(30)2)33(45)44(31(23)41-34)20-24-18-36-22-38-32(24)47(46)28-10-13-35-14-11-28/h6-11,13-14,17-19,22,27,30,39H,3-5,12,15-16,20-21H2,1-2H3,(H,37,40,41). The van der Waals surface area contributed by atoms with Crippen molar-refractivity contribution in [2.24, 2.45) is 0 Å². The quantitative estimate of drug-likeness (QED) is 0.222. The fraction of sp³-hybridized carbons (Fsp3) is 0.353. The van der Waals surface area contributed by atoms with Gasteiger partial charge in [-0.1, -0.05) is 6.42 Å². The molecule has 13 heteroatoms. The van der Waals surface area contributed by atoms with E-state index in [-0.39, 0.29) is 18.1 Å². The molecule has 2 N–H and O–H groups in total. The van der Waals surface area contributed by atoms with E-state index in [4.69, 9.17) is 4.98 Å². The number of hydrogen-bond acceptors (Lipinski definition) is 11. The van der Waals surface area contributed by atoms with E-state index in [2.05, 4.69) is 54.5 Å². The molecule has 7 rings (SSSR count). The highest BCUT2D eigenvalue weighted by molar-refractivity contribution is 7.85. The number of fused-ring (bicyclic) bond motifs is 1. The molecule has 2 aliphatic rings. The zero-order valence-corrected chi connectivity index (χ0v) is 27.4. The fourth-order valence-electron chi connectivity index (χ4n) is 6.53. The number of benzene rings is 1. The van der Waals surface area contributed by atoms with Gasteiger partial charge in [0, 0.05) is 76.2 Å². The summed E-state index contributed by atoms with van der Waals surface area (Å²) in [7, 11) is 2.62. The molecule has 0 aliphatic carbocycles. The zero-order valence-electron chi connectivity index (χ0n) is 26.5. The molecule has 12 nitrogen and oxygen atoms in total. The molecule has 6 heterocycles. The summed E-state index contributed by atoms with van der Waals surface area (Å²) in [5.41, 5.74) is 3.51. The smallest absolute Gasteiger partial charge is 0.257 e. The van der Waals surface area contributed by atoms with Gasteiger partial charge in [0.05, 0.1) is 6.54 Å². The lowest BCUT2D eigenvalue weighted by Crippen LogP contribution is -2.36. The molecule has 2 aliphatic heterocycles. The average Bonchev–Trinajstić information content (AvgIpc) is 3.51. The Labute approximate surface area is 275 Å². The summed E-state index contributed by atoms with van der Waals surface area (Å²) in [6, 6.07) is 13.8. The minimum absolute atomic E-state index is 0.0149. The van der Waals surface area contributed by atoms with Gasteiger partial charge in [0.25, 0.3) is 5.56 Å². The van der Waals surface area contributed by atoms with Crippen molar-refractivity contribution in [2.45, 2.75) is 54.2 Å². The summed E-state index contributed by atoms with van der Waals surface area (Å²) in [5, 5.41) is 8.01. The van der Waals surface area contributed by atoms with Gasteiger partial charge in [-0.25, -0.2) is 19.2 Å². The van der Waals surface area contributed by atoms with Crippen LogP contribution >= 0.6 is 0 Å². The number of pyridine rings is 2. The lowest BCUT2D eigenvalue weighted by molar-refractivity contribution is 0.186. The van der Waals surface area contributed by atoms with Crippen LogP contribution in [-0.4, -0.2) is 83.3 Å². The molecular weight excluding hydrogens is 613 g/mol. The number of nitrogens with one attached hydrogen (secondary N) is 2. The molecule has 2 saturated heterocycles. The van der Waals surface area contributed by atoms with E-state index >= 15 is 0 Å². The van der Waals surface area contributed by atoms with Gasteiger partial charge in [0.2, 0.25) is 5.95 Å². The first-order chi connectivity index (χ1) is 22.9. The minimum atomic E-state index is -1.59. The maximum Gasteiger partial charge on any atom is 0.257 e. The Bertz CT molecular complexity index is 1950. The van der Waals surface area contributed by atoms with E-state index in [1.165, 1.54) is 6.33 Å². The molecule has 0 radical (unpaired) electrons. The number of nitrogens with zero attached hydrogens (tertiary/aromatic N) is 8. The van der Waals surface area contributed by atoms with Crippen LogP contribution < -0.4 is 16.2 Å². The van der Waals surface area contributed by atoms with Crippen molar-refractivity contribution in [1.29, 1.82) is 0 Å². The lowest BCUT2D eigenvalue weighted by Gasteiger charge is -2.32. The van der Waals surface area contributed by atoms with Crippen LogP contribution in [0.2, 0.25) is 0 Å². The molecule has 47 heavy (non-hydrogen) atoms.